The van der Waals surface area contributed by atoms with E-state index in [1.54, 1.807) is 0 Å². The van der Waals surface area contributed by atoms with Crippen molar-refractivity contribution in [1.82, 2.24) is 24.8 Å². The molecule has 1 saturated heterocycles. The van der Waals surface area contributed by atoms with Crippen LogP contribution in [0.5, 0.6) is 0 Å². The number of nitrogens with one attached hydrogen (secondary N) is 2. The van der Waals surface area contributed by atoms with Gasteiger partial charge < -0.3 is 14.7 Å². The summed E-state index contributed by atoms with van der Waals surface area (Å²) in [6, 6.07) is 16.2. The van der Waals surface area contributed by atoms with E-state index >= 15 is 0 Å². The maximum atomic E-state index is 4.94. The van der Waals surface area contributed by atoms with Crippen molar-refractivity contribution in [2.24, 2.45) is 0 Å². The van der Waals surface area contributed by atoms with Gasteiger partial charge in [0.2, 0.25) is 0 Å². The van der Waals surface area contributed by atoms with Gasteiger partial charge in [0.05, 0.1) is 35.2 Å². The van der Waals surface area contributed by atoms with Crippen LogP contribution in [0.4, 0.5) is 0 Å². The van der Waals surface area contributed by atoms with Crippen LogP contribution in [0, 0.1) is 0 Å². The molecule has 3 heterocycles. The van der Waals surface area contributed by atoms with Crippen molar-refractivity contribution in [2.45, 2.75) is 25.9 Å². The van der Waals surface area contributed by atoms with Gasteiger partial charge in [-0.1, -0.05) is 24.3 Å². The van der Waals surface area contributed by atoms with Crippen LogP contribution < -0.4 is 0 Å². The van der Waals surface area contributed by atoms with Crippen LogP contribution in [-0.2, 0) is 31.2 Å². The van der Waals surface area contributed by atoms with Gasteiger partial charge in [-0.15, -0.1) is 0 Å². The molecule has 5 rings (SSSR count). The molecule has 0 bridgehead atoms. The van der Waals surface area contributed by atoms with Crippen molar-refractivity contribution in [1.29, 1.82) is 0 Å². The number of halogens is 2. The van der Waals surface area contributed by atoms with Gasteiger partial charge in [0.1, 0.15) is 11.6 Å². The number of fused-ring (bicyclic) bond motifs is 2. The number of aromatic nitrogens is 4. The molecule has 30 heavy (non-hydrogen) atoms. The van der Waals surface area contributed by atoms with Crippen molar-refractivity contribution in [3.8, 4) is 0 Å². The van der Waals surface area contributed by atoms with Gasteiger partial charge >= 0.3 is 33.5 Å². The van der Waals surface area contributed by atoms with Crippen LogP contribution in [0.3, 0.4) is 0 Å². The molecule has 9 heteroatoms. The molecule has 159 valence electrons. The third-order valence-electron chi connectivity index (χ3n) is 4.54. The second kappa shape index (κ2) is 12.3. The van der Waals surface area contributed by atoms with Gasteiger partial charge in [-0.3, -0.25) is 4.90 Å². The number of rotatable bonds is 4. The molecule has 4 aromatic rings. The number of benzene rings is 2. The number of H-pyrrole nitrogens is 2. The van der Waals surface area contributed by atoms with E-state index in [4.69, 9.17) is 24.8 Å². The maximum absolute atomic E-state index is 4.94. The summed E-state index contributed by atoms with van der Waals surface area (Å²) in [6.07, 6.45) is 2.56. The standard InChI is InChI=1S/C17H17N5.C4H8O.2ClH.Cr/c1-22(10-16-18-12-6-2-3-7-13(12)19-16)11-17-20-14-8-4-5-9-15(14)21-17;1-2-4-5-3-1;;;/h2-9H,10-11H2,1H3,(H,18,19)(H,20,21);1-4H2;2*1H;/q;;;;+3/p-2. The summed E-state index contributed by atoms with van der Waals surface area (Å²) in [5.74, 6) is 1.94. The Bertz CT molecular complexity index is 885. The molecule has 1 fully saturated rings. The molecule has 0 amide bonds. The van der Waals surface area contributed by atoms with Gasteiger partial charge in [0.15, 0.2) is 0 Å². The summed E-state index contributed by atoms with van der Waals surface area (Å²) >= 11 is -0.181. The number of hydrogen-bond donors (Lipinski definition) is 2. The average molecular weight is 486 g/mol. The second-order valence-electron chi connectivity index (χ2n) is 6.95. The predicted octanol–water partition coefficient (Wildman–Crippen LogP) is 5.24. The van der Waals surface area contributed by atoms with Crippen LogP contribution in [0.2, 0.25) is 0 Å². The van der Waals surface area contributed by atoms with Gasteiger partial charge in [-0.05, 0) is 44.2 Å². The topological polar surface area (TPSA) is 69.8 Å². The zero-order chi connectivity index (χ0) is 21.2. The van der Waals surface area contributed by atoms with Crippen LogP contribution in [0.1, 0.15) is 24.5 Å². The number of nitrogens with zero attached hydrogens (tertiary/aromatic N) is 3. The Kier molecular flexibility index (Phi) is 9.47. The van der Waals surface area contributed by atoms with E-state index in [1.807, 2.05) is 48.5 Å². The molecular weight excluding hydrogens is 461 g/mol. The Labute approximate surface area is 191 Å². The Morgan fingerprint density at radius 1 is 0.867 bits per heavy atom. The van der Waals surface area contributed by atoms with Crippen molar-refractivity contribution < 1.29 is 18.1 Å². The molecule has 0 atom stereocenters. The third-order valence-corrected chi connectivity index (χ3v) is 4.54. The summed E-state index contributed by atoms with van der Waals surface area (Å²) in [4.78, 5) is 18.1. The van der Waals surface area contributed by atoms with Crippen molar-refractivity contribution in [3.63, 3.8) is 0 Å². The Balaban J connectivity index is 0.000000272. The fourth-order valence-electron chi connectivity index (χ4n) is 3.24. The quantitative estimate of drug-likeness (QED) is 0.414. The summed E-state index contributed by atoms with van der Waals surface area (Å²) < 4.78 is 4.94. The zero-order valence-corrected chi connectivity index (χ0v) is 19.6. The van der Waals surface area contributed by atoms with E-state index in [-0.39, 0.29) is 13.4 Å². The molecule has 1 aliphatic heterocycles. The van der Waals surface area contributed by atoms with Crippen LogP contribution in [0.15, 0.2) is 48.5 Å². The van der Waals surface area contributed by atoms with E-state index in [0.717, 1.165) is 60.0 Å². The van der Waals surface area contributed by atoms with Crippen molar-refractivity contribution in [3.05, 3.63) is 60.2 Å². The first-order chi connectivity index (χ1) is 14.7. The molecule has 2 aromatic carbocycles. The fraction of sp³-hybridized carbons (Fsp3) is 0.333. The molecule has 2 aromatic heterocycles. The average Bonchev–Trinajstić information content (AvgIpc) is 3.49. The summed E-state index contributed by atoms with van der Waals surface area (Å²) in [7, 11) is 11.7. The van der Waals surface area contributed by atoms with E-state index in [2.05, 4.69) is 31.9 Å². The minimum absolute atomic E-state index is 0.181. The van der Waals surface area contributed by atoms with E-state index < -0.39 is 0 Å². The third kappa shape index (κ3) is 6.99. The number of ether oxygens (including phenoxy) is 1. The molecule has 0 spiro atoms. The van der Waals surface area contributed by atoms with Gasteiger partial charge in [0, 0.05) is 13.2 Å². The van der Waals surface area contributed by atoms with Gasteiger partial charge in [-0.25, -0.2) is 9.97 Å². The SMILES string of the molecule is C1CCOC1.CN(Cc1nc2ccccc2[nH]1)Cc1nc2ccccc2[nH]1.[Cl][Cr+][Cl]. The number of aromatic amines is 2. The van der Waals surface area contributed by atoms with Crippen molar-refractivity contribution >= 4 is 42.2 Å². The monoisotopic (exact) mass is 485 g/mol. The first kappa shape index (κ1) is 23.1. The van der Waals surface area contributed by atoms with Crippen molar-refractivity contribution in [2.75, 3.05) is 20.3 Å². The summed E-state index contributed by atoms with van der Waals surface area (Å²) in [5, 5.41) is 0. The van der Waals surface area contributed by atoms with Crippen LogP contribution in [-0.4, -0.2) is 45.1 Å². The fourth-order valence-corrected chi connectivity index (χ4v) is 3.24. The van der Waals surface area contributed by atoms with E-state index in [1.165, 1.54) is 12.8 Å². The first-order valence-electron chi connectivity index (χ1n) is 9.72. The Hall–Kier alpha value is -1.59. The minimum atomic E-state index is -0.181. The second-order valence-corrected chi connectivity index (χ2v) is 9.06. The van der Waals surface area contributed by atoms with Crippen LogP contribution in [0.25, 0.3) is 22.1 Å². The van der Waals surface area contributed by atoms with Crippen LogP contribution >= 0.6 is 20.1 Å². The zero-order valence-electron chi connectivity index (χ0n) is 16.8. The van der Waals surface area contributed by atoms with E-state index in [9.17, 15) is 0 Å². The molecule has 6 nitrogen and oxygen atoms in total. The Morgan fingerprint density at radius 2 is 1.30 bits per heavy atom. The summed E-state index contributed by atoms with van der Waals surface area (Å²) in [5.41, 5.74) is 4.17. The number of imidazole rings is 2. The van der Waals surface area contributed by atoms with E-state index in [0.29, 0.717) is 0 Å². The molecule has 1 aliphatic rings. The molecule has 2 N–H and O–H groups in total. The normalized spacial score (nSPS) is 13.1. The molecule has 0 saturated carbocycles. The number of para-hydroxylation sites is 4. The molecule has 0 aliphatic carbocycles. The van der Waals surface area contributed by atoms with Gasteiger partial charge in [0.25, 0.3) is 0 Å². The Morgan fingerprint density at radius 3 is 1.67 bits per heavy atom. The summed E-state index contributed by atoms with van der Waals surface area (Å²) in [6.45, 7) is 3.51. The van der Waals surface area contributed by atoms with Gasteiger partial charge in [-0.2, -0.15) is 0 Å². The first-order valence-corrected chi connectivity index (χ1v) is 13.2. The molecular formula is C21H25Cl2CrN5O+. The molecule has 0 unspecified atom stereocenters. The number of hydrogen-bond acceptors (Lipinski definition) is 4. The predicted molar refractivity (Wildman–Crippen MR) is 119 cm³/mol. The molecule has 0 radical (unpaired) electrons.